The monoisotopic (exact) mass is 495 g/mol. The van der Waals surface area contributed by atoms with Crippen molar-refractivity contribution in [2.75, 3.05) is 5.32 Å². The molecule has 1 amide bonds. The number of benzene rings is 2. The zero-order chi connectivity index (χ0) is 21.4. The van der Waals surface area contributed by atoms with E-state index in [2.05, 4.69) is 15.6 Å². The molecule has 0 saturated carbocycles. The number of amides is 1. The van der Waals surface area contributed by atoms with Crippen LogP contribution in [0.25, 0.3) is 21.5 Å². The van der Waals surface area contributed by atoms with E-state index in [0.717, 1.165) is 15.8 Å². The van der Waals surface area contributed by atoms with Gasteiger partial charge in [0.1, 0.15) is 5.76 Å². The maximum atomic E-state index is 12.5. The highest BCUT2D eigenvalue weighted by Crippen LogP contribution is 2.34. The molecule has 0 bridgehead atoms. The van der Waals surface area contributed by atoms with Crippen LogP contribution >= 0.6 is 58.4 Å². The predicted molar refractivity (Wildman–Crippen MR) is 127 cm³/mol. The van der Waals surface area contributed by atoms with Crippen LogP contribution in [0.15, 0.2) is 46.9 Å². The van der Waals surface area contributed by atoms with Crippen LogP contribution in [0.2, 0.25) is 15.1 Å². The van der Waals surface area contributed by atoms with Crippen molar-refractivity contribution in [3.63, 3.8) is 0 Å². The lowest BCUT2D eigenvalue weighted by Crippen LogP contribution is -2.33. The molecule has 0 aliphatic rings. The van der Waals surface area contributed by atoms with Crippen molar-refractivity contribution in [2.45, 2.75) is 6.92 Å². The summed E-state index contributed by atoms with van der Waals surface area (Å²) in [5, 5.41) is 7.51. The lowest BCUT2D eigenvalue weighted by Gasteiger charge is -2.05. The number of thiocarbonyl (C=S) groups is 1. The smallest absolute Gasteiger partial charge is 0.293 e. The molecule has 0 aliphatic heterocycles. The summed E-state index contributed by atoms with van der Waals surface area (Å²) in [6.45, 7) is 1.92. The summed E-state index contributed by atoms with van der Waals surface area (Å²) in [5.41, 5.74) is 2.30. The van der Waals surface area contributed by atoms with E-state index in [1.165, 1.54) is 17.4 Å². The fraction of sp³-hybridized carbons (Fsp3) is 0.0500. The first-order chi connectivity index (χ1) is 14.3. The largest absolute Gasteiger partial charge is 0.451 e. The fourth-order valence-corrected chi connectivity index (χ4v) is 4.45. The van der Waals surface area contributed by atoms with Crippen LogP contribution in [0, 0.1) is 6.92 Å². The molecule has 30 heavy (non-hydrogen) atoms. The van der Waals surface area contributed by atoms with E-state index >= 15 is 0 Å². The molecular weight excluding hydrogens is 485 g/mol. The molecule has 10 heteroatoms. The standard InChI is InChI=1S/C20H12Cl3N3O2S2/c1-9-7-16-13(8-12(9)22)24-20(30-16)26-19(29)25-18(27)15-6-5-14(28-15)10-3-2-4-11(21)17(10)23/h2-8H,1H3,(H2,24,25,26,27,29). The highest BCUT2D eigenvalue weighted by molar-refractivity contribution is 7.80. The minimum Gasteiger partial charge on any atom is -0.451 e. The van der Waals surface area contributed by atoms with E-state index < -0.39 is 5.91 Å². The van der Waals surface area contributed by atoms with Gasteiger partial charge >= 0.3 is 0 Å². The lowest BCUT2D eigenvalue weighted by atomic mass is 10.2. The molecule has 152 valence electrons. The van der Waals surface area contributed by atoms with Crippen LogP contribution in [0.3, 0.4) is 0 Å². The zero-order valence-electron chi connectivity index (χ0n) is 15.3. The maximum absolute atomic E-state index is 12.5. The molecule has 2 heterocycles. The van der Waals surface area contributed by atoms with Gasteiger partial charge in [-0.3, -0.25) is 10.1 Å². The third-order valence-electron chi connectivity index (χ3n) is 4.16. The van der Waals surface area contributed by atoms with E-state index in [0.29, 0.717) is 31.5 Å². The van der Waals surface area contributed by atoms with E-state index in [4.69, 9.17) is 51.4 Å². The molecule has 0 radical (unpaired) electrons. The van der Waals surface area contributed by atoms with Gasteiger partial charge in [0.2, 0.25) is 0 Å². The highest BCUT2D eigenvalue weighted by Gasteiger charge is 2.17. The average Bonchev–Trinajstić information content (AvgIpc) is 3.31. The number of rotatable bonds is 3. The average molecular weight is 497 g/mol. The minimum absolute atomic E-state index is 0.0805. The number of furan rings is 1. The number of fused-ring (bicyclic) bond motifs is 1. The van der Waals surface area contributed by atoms with Crippen molar-refractivity contribution in [1.82, 2.24) is 10.3 Å². The molecule has 0 aliphatic carbocycles. The second-order valence-electron chi connectivity index (χ2n) is 6.26. The van der Waals surface area contributed by atoms with Gasteiger partial charge in [-0.1, -0.05) is 52.2 Å². The van der Waals surface area contributed by atoms with Gasteiger partial charge in [0.25, 0.3) is 5.91 Å². The zero-order valence-corrected chi connectivity index (χ0v) is 19.2. The summed E-state index contributed by atoms with van der Waals surface area (Å²) >= 11 is 25.0. The maximum Gasteiger partial charge on any atom is 0.293 e. The molecule has 0 saturated heterocycles. The summed E-state index contributed by atoms with van der Waals surface area (Å²) in [4.78, 5) is 16.9. The number of aryl methyl sites for hydroxylation is 1. The van der Waals surface area contributed by atoms with Crippen molar-refractivity contribution < 1.29 is 9.21 Å². The molecule has 2 N–H and O–H groups in total. The SMILES string of the molecule is Cc1cc2sc(NC(=S)NC(=O)c3ccc(-c4cccc(Cl)c4Cl)o3)nc2cc1Cl. The van der Waals surface area contributed by atoms with Crippen LogP contribution in [0.4, 0.5) is 5.13 Å². The Labute approximate surface area is 196 Å². The number of halogens is 3. The Morgan fingerprint density at radius 2 is 1.93 bits per heavy atom. The van der Waals surface area contributed by atoms with Gasteiger partial charge in [0, 0.05) is 10.6 Å². The number of hydrogen-bond donors (Lipinski definition) is 2. The molecular formula is C20H12Cl3N3O2S2. The lowest BCUT2D eigenvalue weighted by molar-refractivity contribution is 0.0951. The normalized spacial score (nSPS) is 10.9. The Balaban J connectivity index is 1.46. The number of anilines is 1. The Morgan fingerprint density at radius 3 is 2.73 bits per heavy atom. The summed E-state index contributed by atoms with van der Waals surface area (Å²) in [5.74, 6) is -0.00116. The molecule has 0 atom stereocenters. The number of hydrogen-bond acceptors (Lipinski definition) is 5. The third-order valence-corrected chi connectivity index (χ3v) is 6.53. The van der Waals surface area contributed by atoms with Gasteiger partial charge in [-0.25, -0.2) is 4.98 Å². The third kappa shape index (κ3) is 4.31. The Morgan fingerprint density at radius 1 is 1.13 bits per heavy atom. The van der Waals surface area contributed by atoms with Gasteiger partial charge < -0.3 is 9.73 Å². The number of nitrogens with zero attached hydrogens (tertiary/aromatic N) is 1. The van der Waals surface area contributed by atoms with Crippen molar-refractivity contribution >= 4 is 84.7 Å². The second kappa shape index (κ2) is 8.53. The first kappa shape index (κ1) is 21.1. The molecule has 5 nitrogen and oxygen atoms in total. The first-order valence-electron chi connectivity index (χ1n) is 8.55. The Kier molecular flexibility index (Phi) is 5.99. The summed E-state index contributed by atoms with van der Waals surface area (Å²) in [7, 11) is 0. The Bertz CT molecular complexity index is 1260. The summed E-state index contributed by atoms with van der Waals surface area (Å²) in [6, 6.07) is 12.1. The number of thiazole rings is 1. The molecule has 2 aromatic heterocycles. The fourth-order valence-electron chi connectivity index (χ4n) is 2.70. The van der Waals surface area contributed by atoms with Crippen molar-refractivity contribution in [2.24, 2.45) is 0 Å². The summed E-state index contributed by atoms with van der Waals surface area (Å²) < 4.78 is 6.58. The van der Waals surface area contributed by atoms with Crippen molar-refractivity contribution in [3.8, 4) is 11.3 Å². The quantitative estimate of drug-likeness (QED) is 0.300. The van der Waals surface area contributed by atoms with Gasteiger partial charge in [-0.15, -0.1) is 0 Å². The van der Waals surface area contributed by atoms with E-state index in [1.54, 1.807) is 30.3 Å². The molecule has 2 aromatic carbocycles. The van der Waals surface area contributed by atoms with Crippen LogP contribution in [-0.2, 0) is 0 Å². The van der Waals surface area contributed by atoms with E-state index in [1.807, 2.05) is 13.0 Å². The van der Waals surface area contributed by atoms with Gasteiger partial charge in [0.05, 0.1) is 20.3 Å². The number of carbonyl (C=O) groups is 1. The van der Waals surface area contributed by atoms with Crippen LogP contribution in [0.1, 0.15) is 16.1 Å². The molecule has 0 spiro atoms. The van der Waals surface area contributed by atoms with Gasteiger partial charge in [-0.2, -0.15) is 0 Å². The molecule has 0 unspecified atom stereocenters. The summed E-state index contributed by atoms with van der Waals surface area (Å²) in [6.07, 6.45) is 0. The Hall–Kier alpha value is -2.16. The van der Waals surface area contributed by atoms with Gasteiger partial charge in [0.15, 0.2) is 16.0 Å². The van der Waals surface area contributed by atoms with Crippen LogP contribution < -0.4 is 10.6 Å². The molecule has 4 aromatic rings. The minimum atomic E-state index is -0.503. The number of carbonyl (C=O) groups excluding carboxylic acids is 1. The van der Waals surface area contributed by atoms with Crippen molar-refractivity contribution in [3.05, 3.63) is 68.9 Å². The van der Waals surface area contributed by atoms with Crippen LogP contribution in [-0.4, -0.2) is 16.0 Å². The van der Waals surface area contributed by atoms with Crippen molar-refractivity contribution in [1.29, 1.82) is 0 Å². The van der Waals surface area contributed by atoms with Crippen LogP contribution in [0.5, 0.6) is 0 Å². The number of aromatic nitrogens is 1. The molecule has 0 fully saturated rings. The topological polar surface area (TPSA) is 67.2 Å². The second-order valence-corrected chi connectivity index (χ2v) is 8.89. The number of nitrogens with one attached hydrogen (secondary N) is 2. The van der Waals surface area contributed by atoms with E-state index in [9.17, 15) is 4.79 Å². The highest BCUT2D eigenvalue weighted by atomic mass is 35.5. The van der Waals surface area contributed by atoms with E-state index in [-0.39, 0.29) is 10.9 Å². The van der Waals surface area contributed by atoms with Gasteiger partial charge in [-0.05, 0) is 61.1 Å². The predicted octanol–water partition coefficient (Wildman–Crippen LogP) is 6.95. The first-order valence-corrected chi connectivity index (χ1v) is 10.9. The molecule has 4 rings (SSSR count).